The third-order valence-electron chi connectivity index (χ3n) is 5.70. The number of nitrogens with zero attached hydrogens (tertiary/aromatic N) is 4. The molecule has 1 saturated heterocycles. The van der Waals surface area contributed by atoms with Gasteiger partial charge in [-0.3, -0.25) is 9.59 Å². The van der Waals surface area contributed by atoms with Crippen LogP contribution in [0.3, 0.4) is 0 Å². The fourth-order valence-electron chi connectivity index (χ4n) is 3.77. The first kappa shape index (κ1) is 21.3. The average molecular weight is 481 g/mol. The van der Waals surface area contributed by atoms with Crippen molar-refractivity contribution in [2.24, 2.45) is 0 Å². The van der Waals surface area contributed by atoms with Crippen molar-refractivity contribution in [1.82, 2.24) is 14.7 Å². The number of rotatable bonds is 3. The van der Waals surface area contributed by atoms with Crippen LogP contribution in [-0.2, 0) is 0 Å². The smallest absolute Gasteiger partial charge is 0.271 e. The molecule has 3 aromatic rings. The fraction of sp³-hybridized carbons (Fsp3) is 0.292. The topological polar surface area (TPSA) is 58.4 Å². The molecule has 6 nitrogen and oxygen atoms in total. The van der Waals surface area contributed by atoms with E-state index < -0.39 is 0 Å². The molecule has 1 aliphatic rings. The van der Waals surface area contributed by atoms with Gasteiger partial charge in [-0.1, -0.05) is 28.1 Å². The molecule has 160 valence electrons. The highest BCUT2D eigenvalue weighted by atomic mass is 79.9. The highest BCUT2D eigenvalue weighted by Crippen LogP contribution is 2.18. The van der Waals surface area contributed by atoms with Crippen LogP contribution in [0.25, 0.3) is 5.69 Å². The average Bonchev–Trinajstić information content (AvgIpc) is 3.02. The minimum atomic E-state index is -0.159. The molecule has 1 amide bonds. The Morgan fingerprint density at radius 3 is 2.55 bits per heavy atom. The third kappa shape index (κ3) is 4.71. The van der Waals surface area contributed by atoms with Crippen molar-refractivity contribution in [3.05, 3.63) is 86.1 Å². The first-order chi connectivity index (χ1) is 14.9. The summed E-state index contributed by atoms with van der Waals surface area (Å²) < 4.78 is 2.35. The molecule has 1 aromatic heterocycles. The minimum Gasteiger partial charge on any atom is -0.353 e. The largest absolute Gasteiger partial charge is 0.353 e. The van der Waals surface area contributed by atoms with Gasteiger partial charge in [-0.05, 0) is 67.8 Å². The summed E-state index contributed by atoms with van der Waals surface area (Å²) in [5.41, 5.74) is 3.58. The van der Waals surface area contributed by atoms with Gasteiger partial charge in [0.1, 0.15) is 5.82 Å². The van der Waals surface area contributed by atoms with Gasteiger partial charge in [-0.25, -0.2) is 0 Å². The zero-order valence-electron chi connectivity index (χ0n) is 17.7. The van der Waals surface area contributed by atoms with Gasteiger partial charge in [0.05, 0.1) is 5.69 Å². The maximum absolute atomic E-state index is 12.9. The molecule has 31 heavy (non-hydrogen) atoms. The van der Waals surface area contributed by atoms with E-state index in [0.29, 0.717) is 25.2 Å². The van der Waals surface area contributed by atoms with Crippen molar-refractivity contribution in [1.29, 1.82) is 0 Å². The van der Waals surface area contributed by atoms with E-state index in [9.17, 15) is 9.59 Å². The summed E-state index contributed by atoms with van der Waals surface area (Å²) in [6.07, 6.45) is 0.837. The lowest BCUT2D eigenvalue weighted by Gasteiger charge is -2.23. The van der Waals surface area contributed by atoms with Crippen molar-refractivity contribution in [2.75, 3.05) is 31.1 Å². The molecule has 1 fully saturated rings. The summed E-state index contributed by atoms with van der Waals surface area (Å²) in [4.78, 5) is 29.4. The molecule has 0 aliphatic carbocycles. The Morgan fingerprint density at radius 1 is 0.935 bits per heavy atom. The van der Waals surface area contributed by atoms with E-state index in [1.165, 1.54) is 10.2 Å². The molecule has 0 bridgehead atoms. The standard InChI is InChI=1S/C24H25BrN4O2/c1-17-7-8-21(15-18(17)2)29-23(30)10-9-22(26-29)27-11-4-12-28(14-13-27)24(31)19-5-3-6-20(25)16-19/h3,5-10,15-16H,4,11-14H2,1-2H3. The van der Waals surface area contributed by atoms with Crippen LogP contribution < -0.4 is 10.5 Å². The number of aromatic nitrogens is 2. The molecule has 0 N–H and O–H groups in total. The van der Waals surface area contributed by atoms with Crippen LogP contribution in [0.15, 0.2) is 63.9 Å². The summed E-state index contributed by atoms with van der Waals surface area (Å²) in [6, 6.07) is 16.7. The Kier molecular flexibility index (Phi) is 6.23. The van der Waals surface area contributed by atoms with E-state index in [2.05, 4.69) is 25.9 Å². The van der Waals surface area contributed by atoms with Gasteiger partial charge < -0.3 is 9.80 Å². The van der Waals surface area contributed by atoms with Crippen molar-refractivity contribution >= 4 is 27.7 Å². The second-order valence-corrected chi connectivity index (χ2v) is 8.77. The number of carbonyl (C=O) groups is 1. The lowest BCUT2D eigenvalue weighted by Crippen LogP contribution is -2.36. The fourth-order valence-corrected chi connectivity index (χ4v) is 4.17. The summed E-state index contributed by atoms with van der Waals surface area (Å²) in [7, 11) is 0. The van der Waals surface area contributed by atoms with Crippen LogP contribution >= 0.6 is 15.9 Å². The number of carbonyl (C=O) groups excluding carboxylic acids is 1. The van der Waals surface area contributed by atoms with Crippen LogP contribution in [0.2, 0.25) is 0 Å². The molecule has 0 saturated carbocycles. The number of amides is 1. The van der Waals surface area contributed by atoms with E-state index in [-0.39, 0.29) is 11.5 Å². The SMILES string of the molecule is Cc1ccc(-n2nc(N3CCCN(C(=O)c4cccc(Br)c4)CC3)ccc2=O)cc1C. The van der Waals surface area contributed by atoms with Crippen molar-refractivity contribution < 1.29 is 4.79 Å². The van der Waals surface area contributed by atoms with Gasteiger partial charge in [0, 0.05) is 42.3 Å². The number of hydrogen-bond donors (Lipinski definition) is 0. The van der Waals surface area contributed by atoms with E-state index in [4.69, 9.17) is 0 Å². The number of anilines is 1. The first-order valence-electron chi connectivity index (χ1n) is 10.4. The second-order valence-electron chi connectivity index (χ2n) is 7.85. The van der Waals surface area contributed by atoms with Gasteiger partial charge in [-0.2, -0.15) is 4.68 Å². The Hall–Kier alpha value is -2.93. The van der Waals surface area contributed by atoms with Crippen molar-refractivity contribution in [3.8, 4) is 5.69 Å². The lowest BCUT2D eigenvalue weighted by atomic mass is 10.1. The van der Waals surface area contributed by atoms with Gasteiger partial charge in [0.25, 0.3) is 11.5 Å². The first-order valence-corrected chi connectivity index (χ1v) is 11.2. The maximum atomic E-state index is 12.9. The Morgan fingerprint density at radius 2 is 1.77 bits per heavy atom. The molecular weight excluding hydrogens is 456 g/mol. The van der Waals surface area contributed by atoms with Gasteiger partial charge in [-0.15, -0.1) is 5.10 Å². The van der Waals surface area contributed by atoms with Crippen LogP contribution in [0.4, 0.5) is 5.82 Å². The second kappa shape index (κ2) is 9.06. The highest BCUT2D eigenvalue weighted by Gasteiger charge is 2.21. The minimum absolute atomic E-state index is 0.0382. The Labute approximate surface area is 190 Å². The molecule has 4 rings (SSSR count). The van der Waals surface area contributed by atoms with E-state index >= 15 is 0 Å². The molecule has 0 spiro atoms. The molecule has 2 heterocycles. The van der Waals surface area contributed by atoms with E-state index in [1.54, 1.807) is 12.1 Å². The summed E-state index contributed by atoms with van der Waals surface area (Å²) >= 11 is 3.44. The predicted octanol–water partition coefficient (Wildman–Crippen LogP) is 3.96. The quantitative estimate of drug-likeness (QED) is 0.569. The summed E-state index contributed by atoms with van der Waals surface area (Å²) in [5.74, 6) is 0.783. The van der Waals surface area contributed by atoms with Crippen molar-refractivity contribution in [2.45, 2.75) is 20.3 Å². The Balaban J connectivity index is 1.54. The van der Waals surface area contributed by atoms with Crippen molar-refractivity contribution in [3.63, 3.8) is 0 Å². The third-order valence-corrected chi connectivity index (χ3v) is 6.19. The predicted molar refractivity (Wildman–Crippen MR) is 126 cm³/mol. The number of hydrogen-bond acceptors (Lipinski definition) is 4. The molecule has 7 heteroatoms. The number of aryl methyl sites for hydroxylation is 2. The molecule has 0 atom stereocenters. The van der Waals surface area contributed by atoms with Crippen LogP contribution in [0.1, 0.15) is 27.9 Å². The normalized spacial score (nSPS) is 14.4. The molecule has 1 aliphatic heterocycles. The molecule has 0 unspecified atom stereocenters. The van der Waals surface area contributed by atoms with Gasteiger partial charge >= 0.3 is 0 Å². The maximum Gasteiger partial charge on any atom is 0.271 e. The van der Waals surface area contributed by atoms with Crippen LogP contribution in [0.5, 0.6) is 0 Å². The number of benzene rings is 2. The van der Waals surface area contributed by atoms with Crippen LogP contribution in [0, 0.1) is 13.8 Å². The van der Waals surface area contributed by atoms with Gasteiger partial charge in [0.2, 0.25) is 0 Å². The van der Waals surface area contributed by atoms with Gasteiger partial charge in [0.15, 0.2) is 0 Å². The highest BCUT2D eigenvalue weighted by molar-refractivity contribution is 9.10. The lowest BCUT2D eigenvalue weighted by molar-refractivity contribution is 0.0767. The molecule has 2 aromatic carbocycles. The monoisotopic (exact) mass is 480 g/mol. The Bertz CT molecular complexity index is 1170. The summed E-state index contributed by atoms with van der Waals surface area (Å²) in [6.45, 7) is 6.82. The zero-order chi connectivity index (χ0) is 22.0. The van der Waals surface area contributed by atoms with E-state index in [0.717, 1.165) is 34.5 Å². The molecule has 0 radical (unpaired) electrons. The number of halogens is 1. The van der Waals surface area contributed by atoms with E-state index in [1.807, 2.05) is 61.2 Å². The molecular formula is C24H25BrN4O2. The summed E-state index contributed by atoms with van der Waals surface area (Å²) in [5, 5.41) is 4.64. The zero-order valence-corrected chi connectivity index (χ0v) is 19.3. The van der Waals surface area contributed by atoms with Crippen LogP contribution in [-0.4, -0.2) is 46.8 Å².